The lowest BCUT2D eigenvalue weighted by Crippen LogP contribution is -2.38. The van der Waals surface area contributed by atoms with Gasteiger partial charge < -0.3 is 10.4 Å². The number of benzene rings is 1. The van der Waals surface area contributed by atoms with Crippen LogP contribution in [0, 0.1) is 0 Å². The van der Waals surface area contributed by atoms with E-state index < -0.39 is 5.60 Å². The summed E-state index contributed by atoms with van der Waals surface area (Å²) in [6.45, 7) is 2.15. The highest BCUT2D eigenvalue weighted by Crippen LogP contribution is 2.37. The Kier molecular flexibility index (Phi) is 3.85. The van der Waals surface area contributed by atoms with E-state index in [0.29, 0.717) is 6.04 Å². The monoisotopic (exact) mass is 233 g/mol. The van der Waals surface area contributed by atoms with Crippen molar-refractivity contribution in [2.24, 2.45) is 0 Å². The molecule has 1 saturated carbocycles. The summed E-state index contributed by atoms with van der Waals surface area (Å²) in [6.07, 6.45) is 4.88. The lowest BCUT2D eigenvalue weighted by molar-refractivity contribution is -0.00768. The fraction of sp³-hybridized carbons (Fsp3) is 0.600. The molecule has 0 spiro atoms. The summed E-state index contributed by atoms with van der Waals surface area (Å²) < 4.78 is 0. The van der Waals surface area contributed by atoms with Crippen molar-refractivity contribution >= 4 is 0 Å². The molecule has 1 aliphatic carbocycles. The Morgan fingerprint density at radius 2 is 2.06 bits per heavy atom. The van der Waals surface area contributed by atoms with E-state index in [0.717, 1.165) is 37.7 Å². The van der Waals surface area contributed by atoms with E-state index in [1.54, 1.807) is 0 Å². The van der Waals surface area contributed by atoms with E-state index in [1.807, 2.05) is 7.05 Å². The van der Waals surface area contributed by atoms with Crippen molar-refractivity contribution in [3.63, 3.8) is 0 Å². The van der Waals surface area contributed by atoms with Crippen molar-refractivity contribution < 1.29 is 5.11 Å². The third kappa shape index (κ3) is 2.70. The minimum atomic E-state index is -0.599. The van der Waals surface area contributed by atoms with Crippen molar-refractivity contribution in [1.29, 1.82) is 0 Å². The van der Waals surface area contributed by atoms with Gasteiger partial charge in [-0.3, -0.25) is 0 Å². The fourth-order valence-electron chi connectivity index (χ4n) is 2.75. The molecule has 2 rings (SSSR count). The van der Waals surface area contributed by atoms with Crippen molar-refractivity contribution in [3.05, 3.63) is 35.4 Å². The van der Waals surface area contributed by atoms with Gasteiger partial charge >= 0.3 is 0 Å². The van der Waals surface area contributed by atoms with Gasteiger partial charge in [-0.15, -0.1) is 0 Å². The minimum absolute atomic E-state index is 0.574. The molecule has 1 fully saturated rings. The molecule has 1 aromatic carbocycles. The Labute approximate surface area is 104 Å². The molecule has 2 N–H and O–H groups in total. The summed E-state index contributed by atoms with van der Waals surface area (Å²) >= 11 is 0. The number of hydrogen-bond donors (Lipinski definition) is 2. The molecule has 17 heavy (non-hydrogen) atoms. The Morgan fingerprint density at radius 1 is 1.35 bits per heavy atom. The van der Waals surface area contributed by atoms with Crippen molar-refractivity contribution in [3.8, 4) is 0 Å². The van der Waals surface area contributed by atoms with Gasteiger partial charge in [-0.2, -0.15) is 0 Å². The average Bonchev–Trinajstić information content (AvgIpc) is 2.40. The van der Waals surface area contributed by atoms with Gasteiger partial charge in [0.2, 0.25) is 0 Å². The number of aryl methyl sites for hydroxylation is 1. The maximum atomic E-state index is 10.7. The van der Waals surface area contributed by atoms with Crippen LogP contribution < -0.4 is 5.32 Å². The third-order valence-corrected chi connectivity index (χ3v) is 4.09. The maximum absolute atomic E-state index is 10.7. The van der Waals surface area contributed by atoms with Gasteiger partial charge in [0.05, 0.1) is 5.60 Å². The number of aliphatic hydroxyl groups is 1. The largest absolute Gasteiger partial charge is 0.385 e. The highest BCUT2D eigenvalue weighted by molar-refractivity contribution is 5.28. The average molecular weight is 233 g/mol. The summed E-state index contributed by atoms with van der Waals surface area (Å²) in [5.41, 5.74) is 1.82. The predicted molar refractivity (Wildman–Crippen MR) is 71.0 cm³/mol. The van der Waals surface area contributed by atoms with E-state index in [-0.39, 0.29) is 0 Å². The zero-order valence-electron chi connectivity index (χ0n) is 10.9. The number of rotatable bonds is 3. The van der Waals surface area contributed by atoms with Gasteiger partial charge in [-0.1, -0.05) is 31.2 Å². The molecule has 1 aromatic rings. The first kappa shape index (κ1) is 12.6. The molecule has 0 atom stereocenters. The first-order chi connectivity index (χ1) is 8.18. The topological polar surface area (TPSA) is 32.3 Å². The van der Waals surface area contributed by atoms with Gasteiger partial charge in [-0.25, -0.2) is 0 Å². The zero-order chi connectivity index (χ0) is 12.3. The Bertz CT molecular complexity index is 367. The second-order valence-electron chi connectivity index (χ2n) is 5.15. The van der Waals surface area contributed by atoms with E-state index in [9.17, 15) is 5.11 Å². The van der Waals surface area contributed by atoms with Crippen LogP contribution in [0.15, 0.2) is 24.3 Å². The maximum Gasteiger partial charge on any atom is 0.0897 e. The number of nitrogens with one attached hydrogen (secondary N) is 1. The Hall–Kier alpha value is -0.860. The Balaban J connectivity index is 2.15. The molecule has 2 nitrogen and oxygen atoms in total. The minimum Gasteiger partial charge on any atom is -0.385 e. The summed E-state index contributed by atoms with van der Waals surface area (Å²) in [7, 11) is 2.01. The molecule has 2 heteroatoms. The highest BCUT2D eigenvalue weighted by atomic mass is 16.3. The molecule has 0 radical (unpaired) electrons. The summed E-state index contributed by atoms with van der Waals surface area (Å²) in [5.74, 6) is 0. The zero-order valence-corrected chi connectivity index (χ0v) is 10.9. The van der Waals surface area contributed by atoms with Crippen LogP contribution in [-0.4, -0.2) is 18.2 Å². The molecular formula is C15H23NO. The summed E-state index contributed by atoms with van der Waals surface area (Å²) in [4.78, 5) is 0. The van der Waals surface area contributed by atoms with E-state index >= 15 is 0 Å². The molecular weight excluding hydrogens is 210 g/mol. The standard InChI is InChI=1S/C15H23NO/c1-3-12-5-4-6-13(11-12)15(17)9-7-14(16-2)8-10-15/h4-6,11,14,16-17H,3,7-10H2,1-2H3. The van der Waals surface area contributed by atoms with Crippen LogP contribution in [0.5, 0.6) is 0 Å². The van der Waals surface area contributed by atoms with Gasteiger partial charge in [0.25, 0.3) is 0 Å². The lowest BCUT2D eigenvalue weighted by atomic mass is 9.77. The second-order valence-corrected chi connectivity index (χ2v) is 5.15. The van der Waals surface area contributed by atoms with Gasteiger partial charge in [0.15, 0.2) is 0 Å². The summed E-state index contributed by atoms with van der Waals surface area (Å²) in [6, 6.07) is 9.01. The van der Waals surface area contributed by atoms with Crippen LogP contribution in [0.25, 0.3) is 0 Å². The Morgan fingerprint density at radius 3 is 2.65 bits per heavy atom. The third-order valence-electron chi connectivity index (χ3n) is 4.09. The van der Waals surface area contributed by atoms with Crippen LogP contribution in [0.2, 0.25) is 0 Å². The van der Waals surface area contributed by atoms with Crippen LogP contribution in [0.1, 0.15) is 43.7 Å². The lowest BCUT2D eigenvalue weighted by Gasteiger charge is -2.36. The molecule has 0 saturated heterocycles. The highest BCUT2D eigenvalue weighted by Gasteiger charge is 2.34. The number of hydrogen-bond acceptors (Lipinski definition) is 2. The quantitative estimate of drug-likeness (QED) is 0.841. The molecule has 0 aromatic heterocycles. The van der Waals surface area contributed by atoms with Crippen LogP contribution in [0.3, 0.4) is 0 Å². The van der Waals surface area contributed by atoms with Gasteiger partial charge in [-0.05, 0) is 50.3 Å². The first-order valence-electron chi connectivity index (χ1n) is 6.67. The normalized spacial score (nSPS) is 29.2. The molecule has 94 valence electrons. The molecule has 0 unspecified atom stereocenters. The first-order valence-corrected chi connectivity index (χ1v) is 6.67. The molecule has 0 amide bonds. The van der Waals surface area contributed by atoms with Gasteiger partial charge in [0.1, 0.15) is 0 Å². The molecule has 1 aliphatic rings. The fourth-order valence-corrected chi connectivity index (χ4v) is 2.75. The van der Waals surface area contributed by atoms with Crippen LogP contribution in [-0.2, 0) is 12.0 Å². The van der Waals surface area contributed by atoms with E-state index in [4.69, 9.17) is 0 Å². The van der Waals surface area contributed by atoms with Crippen LogP contribution >= 0.6 is 0 Å². The molecule has 0 bridgehead atoms. The van der Waals surface area contributed by atoms with Crippen molar-refractivity contribution in [1.82, 2.24) is 5.32 Å². The molecule has 0 heterocycles. The van der Waals surface area contributed by atoms with E-state index in [1.165, 1.54) is 5.56 Å². The smallest absolute Gasteiger partial charge is 0.0897 e. The van der Waals surface area contributed by atoms with Crippen molar-refractivity contribution in [2.45, 2.75) is 50.7 Å². The SMILES string of the molecule is CCc1cccc(C2(O)CCC(NC)CC2)c1. The summed E-state index contributed by atoms with van der Waals surface area (Å²) in [5, 5.41) is 14.1. The van der Waals surface area contributed by atoms with E-state index in [2.05, 4.69) is 36.5 Å². The second kappa shape index (κ2) is 5.19. The van der Waals surface area contributed by atoms with Gasteiger partial charge in [0, 0.05) is 6.04 Å². The van der Waals surface area contributed by atoms with Crippen LogP contribution in [0.4, 0.5) is 0 Å². The van der Waals surface area contributed by atoms with Crippen molar-refractivity contribution in [2.75, 3.05) is 7.05 Å². The predicted octanol–water partition coefficient (Wildman–Crippen LogP) is 2.60. The molecule has 0 aliphatic heterocycles.